The molecule has 0 unspecified atom stereocenters. The van der Waals surface area contributed by atoms with Crippen LogP contribution in [-0.4, -0.2) is 25.7 Å². The number of hydrogen-bond acceptors (Lipinski definition) is 3. The molecule has 3 fully saturated rings. The number of fused-ring (bicyclic) bond motifs is 7. The number of benzene rings is 1. The van der Waals surface area contributed by atoms with Crippen LogP contribution in [0.5, 0.6) is 5.75 Å². The molecule has 0 radical (unpaired) electrons. The summed E-state index contributed by atoms with van der Waals surface area (Å²) in [6.45, 7) is 3.60. The van der Waals surface area contributed by atoms with Crippen LogP contribution in [0.3, 0.4) is 0 Å². The Labute approximate surface area is 181 Å². The molecular weight excluding hydrogens is 370 g/mol. The normalized spacial score (nSPS) is 40.3. The topological polar surface area (TPSA) is 30.8 Å². The van der Waals surface area contributed by atoms with Crippen LogP contribution >= 0.6 is 0 Å². The molecule has 0 bridgehead atoms. The second kappa shape index (κ2) is 7.28. The summed E-state index contributed by atoms with van der Waals surface area (Å²) < 4.78 is 12.3. The molecule has 3 saturated carbocycles. The maximum Gasteiger partial charge on any atom is 0.186 e. The number of hydrogen-bond donors (Lipinski definition) is 0. The third kappa shape index (κ3) is 2.87. The fourth-order valence-electron chi connectivity index (χ4n) is 8.17. The maximum absolute atomic E-state index is 6.84. The van der Waals surface area contributed by atoms with E-state index in [-0.39, 0.29) is 0 Å². The molecule has 162 valence electrons. The number of rotatable bonds is 2. The Balaban J connectivity index is 1.25. The summed E-state index contributed by atoms with van der Waals surface area (Å²) in [6.07, 6.45) is 13.6. The number of ether oxygens (including phenoxy) is 2. The van der Waals surface area contributed by atoms with E-state index in [1.54, 1.807) is 12.7 Å². The summed E-state index contributed by atoms with van der Waals surface area (Å²) in [7, 11) is 1.78. The van der Waals surface area contributed by atoms with Crippen molar-refractivity contribution in [1.29, 1.82) is 0 Å². The first kappa shape index (κ1) is 19.2. The van der Waals surface area contributed by atoms with Crippen molar-refractivity contribution in [3.63, 3.8) is 0 Å². The highest BCUT2D eigenvalue weighted by molar-refractivity contribution is 5.79. The highest BCUT2D eigenvalue weighted by atomic mass is 16.5. The first-order valence-electron chi connectivity index (χ1n) is 12.5. The highest BCUT2D eigenvalue weighted by Gasteiger charge is 2.60. The van der Waals surface area contributed by atoms with Crippen LogP contribution in [0, 0.1) is 29.1 Å². The van der Waals surface area contributed by atoms with Crippen LogP contribution in [0.25, 0.3) is 0 Å². The van der Waals surface area contributed by atoms with Gasteiger partial charge in [-0.3, -0.25) is 4.99 Å². The number of nitrogens with zero attached hydrogens (tertiary/aromatic N) is 1. The van der Waals surface area contributed by atoms with Crippen LogP contribution in [0.4, 0.5) is 0 Å². The van der Waals surface area contributed by atoms with E-state index in [9.17, 15) is 0 Å². The number of aryl methyl sites for hydroxylation is 1. The van der Waals surface area contributed by atoms with Gasteiger partial charge < -0.3 is 9.47 Å². The van der Waals surface area contributed by atoms with E-state index in [1.165, 1.54) is 69.8 Å². The molecule has 0 spiro atoms. The third-order valence-corrected chi connectivity index (χ3v) is 9.69. The van der Waals surface area contributed by atoms with E-state index in [1.807, 2.05) is 0 Å². The van der Waals surface area contributed by atoms with E-state index < -0.39 is 0 Å². The number of methoxy groups -OCH3 is 1. The van der Waals surface area contributed by atoms with Gasteiger partial charge in [0.15, 0.2) is 5.90 Å². The summed E-state index contributed by atoms with van der Waals surface area (Å²) in [5.74, 6) is 5.75. The van der Waals surface area contributed by atoms with Crippen molar-refractivity contribution < 1.29 is 9.47 Å². The lowest BCUT2D eigenvalue weighted by Gasteiger charge is -2.51. The predicted molar refractivity (Wildman–Crippen MR) is 120 cm³/mol. The lowest BCUT2D eigenvalue weighted by atomic mass is 9.55. The maximum atomic E-state index is 6.84. The van der Waals surface area contributed by atoms with Crippen LogP contribution in [0.2, 0.25) is 0 Å². The molecule has 5 aliphatic rings. The van der Waals surface area contributed by atoms with Gasteiger partial charge in [0.1, 0.15) is 11.9 Å². The van der Waals surface area contributed by atoms with Gasteiger partial charge >= 0.3 is 0 Å². The third-order valence-electron chi connectivity index (χ3n) is 9.69. The average Bonchev–Trinajstić information content (AvgIpc) is 3.11. The molecular formula is C27H37NO2. The number of aliphatic imine (C=N–C) groups is 1. The molecule has 6 rings (SSSR count). The minimum atomic E-state index is 0.339. The largest absolute Gasteiger partial charge is 0.497 e. The van der Waals surface area contributed by atoms with Crippen molar-refractivity contribution in [1.82, 2.24) is 0 Å². The van der Waals surface area contributed by atoms with Gasteiger partial charge in [-0.1, -0.05) is 32.3 Å². The molecule has 1 aromatic rings. The van der Waals surface area contributed by atoms with Gasteiger partial charge in [0.05, 0.1) is 7.11 Å². The molecule has 1 aliphatic heterocycles. The Kier molecular flexibility index (Phi) is 4.66. The lowest BCUT2D eigenvalue weighted by Crippen LogP contribution is -2.47. The van der Waals surface area contributed by atoms with Crippen LogP contribution in [0.15, 0.2) is 23.2 Å². The van der Waals surface area contributed by atoms with Gasteiger partial charge in [-0.2, -0.15) is 0 Å². The van der Waals surface area contributed by atoms with E-state index in [2.05, 4.69) is 25.1 Å². The second-order valence-corrected chi connectivity index (χ2v) is 11.1. The van der Waals surface area contributed by atoms with Crippen molar-refractivity contribution >= 4 is 5.90 Å². The fourth-order valence-corrected chi connectivity index (χ4v) is 8.17. The molecule has 4 aliphatic carbocycles. The van der Waals surface area contributed by atoms with Gasteiger partial charge in [-0.15, -0.1) is 0 Å². The minimum Gasteiger partial charge on any atom is -0.497 e. The molecule has 0 aromatic heterocycles. The lowest BCUT2D eigenvalue weighted by molar-refractivity contribution is -0.0323. The SMILES string of the molecule is COc1ccc2c(c1)CC[C@@H]1[C@@H]2CC[C@@]2(C)[C@H]1C[C@@H]1CN=C(C3CCCCC3)O[C@@H]12. The summed E-state index contributed by atoms with van der Waals surface area (Å²) >= 11 is 0. The zero-order chi connectivity index (χ0) is 20.3. The molecule has 6 atom stereocenters. The Hall–Kier alpha value is -1.51. The van der Waals surface area contributed by atoms with E-state index in [0.29, 0.717) is 23.4 Å². The quantitative estimate of drug-likeness (QED) is 0.588. The molecule has 30 heavy (non-hydrogen) atoms. The Morgan fingerprint density at radius 2 is 1.97 bits per heavy atom. The monoisotopic (exact) mass is 407 g/mol. The molecule has 0 N–H and O–H groups in total. The van der Waals surface area contributed by atoms with Gasteiger partial charge in [-0.25, -0.2) is 0 Å². The first-order valence-corrected chi connectivity index (χ1v) is 12.5. The van der Waals surface area contributed by atoms with Crippen molar-refractivity contribution in [2.75, 3.05) is 13.7 Å². The van der Waals surface area contributed by atoms with Crippen LogP contribution in [-0.2, 0) is 11.2 Å². The van der Waals surface area contributed by atoms with Gasteiger partial charge in [0, 0.05) is 23.8 Å². The van der Waals surface area contributed by atoms with Crippen molar-refractivity contribution in [3.8, 4) is 5.75 Å². The Morgan fingerprint density at radius 3 is 2.80 bits per heavy atom. The zero-order valence-electron chi connectivity index (χ0n) is 18.7. The Morgan fingerprint density at radius 1 is 1.10 bits per heavy atom. The van der Waals surface area contributed by atoms with Crippen molar-refractivity contribution in [2.24, 2.45) is 34.1 Å². The smallest absolute Gasteiger partial charge is 0.186 e. The molecule has 3 nitrogen and oxygen atoms in total. The Bertz CT molecular complexity index is 841. The fraction of sp³-hybridized carbons (Fsp3) is 0.741. The van der Waals surface area contributed by atoms with Gasteiger partial charge in [0.25, 0.3) is 0 Å². The van der Waals surface area contributed by atoms with Gasteiger partial charge in [-0.05, 0) is 86.0 Å². The predicted octanol–water partition coefficient (Wildman–Crippen LogP) is 6.16. The second-order valence-electron chi connectivity index (χ2n) is 11.1. The van der Waals surface area contributed by atoms with Crippen molar-refractivity contribution in [2.45, 2.75) is 83.2 Å². The van der Waals surface area contributed by atoms with E-state index >= 15 is 0 Å². The molecule has 1 heterocycles. The van der Waals surface area contributed by atoms with E-state index in [0.717, 1.165) is 35.9 Å². The molecule has 1 aromatic carbocycles. The first-order chi connectivity index (χ1) is 14.7. The molecule has 0 amide bonds. The highest BCUT2D eigenvalue weighted by Crippen LogP contribution is 2.63. The summed E-state index contributed by atoms with van der Waals surface area (Å²) in [4.78, 5) is 5.02. The minimum absolute atomic E-state index is 0.339. The average molecular weight is 408 g/mol. The molecule has 3 heteroatoms. The van der Waals surface area contributed by atoms with Crippen molar-refractivity contribution in [3.05, 3.63) is 29.3 Å². The van der Waals surface area contributed by atoms with E-state index in [4.69, 9.17) is 14.5 Å². The standard InChI is InChI=1S/C27H37NO2/c1-27-13-12-22-21-11-9-20(29-2)14-18(21)8-10-23(22)24(27)15-19-16-28-26(30-25(19)27)17-6-4-3-5-7-17/h9,11,14,17,19,22-25H,3-8,10,12-13,15-16H2,1-2H3/t19-,22-,23-,24+,25+,27+/m1/s1. The summed E-state index contributed by atoms with van der Waals surface area (Å²) in [5.41, 5.74) is 3.49. The summed E-state index contributed by atoms with van der Waals surface area (Å²) in [5, 5.41) is 0. The molecule has 0 saturated heterocycles. The van der Waals surface area contributed by atoms with Crippen LogP contribution in [0.1, 0.15) is 81.8 Å². The van der Waals surface area contributed by atoms with Crippen LogP contribution < -0.4 is 4.74 Å². The zero-order valence-corrected chi connectivity index (χ0v) is 18.7. The van der Waals surface area contributed by atoms with Gasteiger partial charge in [0.2, 0.25) is 0 Å². The summed E-state index contributed by atoms with van der Waals surface area (Å²) in [6, 6.07) is 6.84.